The van der Waals surface area contributed by atoms with Gasteiger partial charge in [-0.05, 0) is 54.4 Å². The van der Waals surface area contributed by atoms with Gasteiger partial charge in [0.2, 0.25) is 0 Å². The summed E-state index contributed by atoms with van der Waals surface area (Å²) in [7, 11) is 0. The minimum atomic E-state index is -0.765. The van der Waals surface area contributed by atoms with Crippen LogP contribution < -0.4 is 0 Å². The Morgan fingerprint density at radius 2 is 1.96 bits per heavy atom. The third kappa shape index (κ3) is 2.88. The van der Waals surface area contributed by atoms with Crippen molar-refractivity contribution >= 4 is 22.0 Å². The number of carbonyl (C=O) groups is 1. The summed E-state index contributed by atoms with van der Waals surface area (Å²) in [6.45, 7) is 9.54. The Morgan fingerprint density at radius 1 is 1.27 bits per heavy atom. The Hall–Kier alpha value is -1.07. The van der Waals surface area contributed by atoms with Crippen molar-refractivity contribution in [2.75, 3.05) is 19.6 Å². The second kappa shape index (κ2) is 6.23. The number of likely N-dealkylation sites (tertiary alicyclic amines) is 2. The number of rotatable bonds is 1. The number of benzene rings is 1. The summed E-state index contributed by atoms with van der Waals surface area (Å²) in [6.07, 6.45) is 3.59. The quantitative estimate of drug-likeness (QED) is 0.700. The molecule has 4 nitrogen and oxygen atoms in total. The van der Waals surface area contributed by atoms with E-state index in [0.29, 0.717) is 25.2 Å². The molecule has 1 aromatic carbocycles. The third-order valence-electron chi connectivity index (χ3n) is 6.81. The van der Waals surface area contributed by atoms with Gasteiger partial charge in [0.25, 0.3) is 0 Å². The predicted molar refractivity (Wildman–Crippen MR) is 106 cm³/mol. The van der Waals surface area contributed by atoms with Crippen LogP contribution in [0.4, 0.5) is 4.79 Å². The van der Waals surface area contributed by atoms with Crippen molar-refractivity contribution in [3.8, 4) is 0 Å². The largest absolute Gasteiger partial charge is 0.465 e. The number of fused-ring (bicyclic) bond motifs is 1. The van der Waals surface area contributed by atoms with Gasteiger partial charge in [0.15, 0.2) is 0 Å². The van der Waals surface area contributed by atoms with Gasteiger partial charge in [-0.25, -0.2) is 4.79 Å². The molecule has 26 heavy (non-hydrogen) atoms. The molecule has 5 heteroatoms. The third-order valence-corrected chi connectivity index (χ3v) is 7.30. The summed E-state index contributed by atoms with van der Waals surface area (Å²) in [5.41, 5.74) is 3.46. The number of nitrogens with zero attached hydrogens (tertiary/aromatic N) is 2. The van der Waals surface area contributed by atoms with Gasteiger partial charge in [-0.1, -0.05) is 42.8 Å². The van der Waals surface area contributed by atoms with Gasteiger partial charge in [0.05, 0.1) is 0 Å². The Balaban J connectivity index is 1.58. The highest BCUT2D eigenvalue weighted by Crippen LogP contribution is 2.57. The summed E-state index contributed by atoms with van der Waals surface area (Å²) < 4.78 is 1.17. The van der Waals surface area contributed by atoms with E-state index in [2.05, 4.69) is 59.8 Å². The standard InChI is InChI=1S/C21H29BrN2O2/c1-20(2,3)18-21(8-10-23(11-9-21)19(25)26)13-24(18)17-7-4-14-12-15(22)5-6-16(14)17/h5-6,12,17-18H,4,7-11,13H2,1-3H3,(H,25,26)/t17?,18-/m1/s1. The van der Waals surface area contributed by atoms with Crippen molar-refractivity contribution in [2.45, 2.75) is 58.5 Å². The number of amides is 1. The second-order valence-electron chi connectivity index (χ2n) is 9.47. The maximum absolute atomic E-state index is 11.3. The average Bonchev–Trinajstić information content (AvgIpc) is 2.93. The van der Waals surface area contributed by atoms with Crippen LogP contribution in [0.2, 0.25) is 0 Å². The van der Waals surface area contributed by atoms with Crippen LogP contribution in [0.5, 0.6) is 0 Å². The normalized spacial score (nSPS) is 28.1. The van der Waals surface area contributed by atoms with Crippen LogP contribution in [0.3, 0.4) is 0 Å². The number of carboxylic acid groups (broad SMARTS) is 1. The highest BCUT2D eigenvalue weighted by atomic mass is 79.9. The van der Waals surface area contributed by atoms with Crippen molar-refractivity contribution in [2.24, 2.45) is 10.8 Å². The lowest BCUT2D eigenvalue weighted by atomic mass is 9.57. The van der Waals surface area contributed by atoms with E-state index in [1.54, 1.807) is 4.90 Å². The fourth-order valence-electron chi connectivity index (χ4n) is 5.97. The molecule has 0 bridgehead atoms. The summed E-state index contributed by atoms with van der Waals surface area (Å²) in [6, 6.07) is 7.79. The molecule has 1 unspecified atom stereocenters. The number of hydrogen-bond donors (Lipinski definition) is 1. The van der Waals surface area contributed by atoms with E-state index in [-0.39, 0.29) is 10.8 Å². The molecule has 2 saturated heterocycles. The number of hydrogen-bond acceptors (Lipinski definition) is 2. The summed E-state index contributed by atoms with van der Waals surface area (Å²) in [5.74, 6) is 0. The van der Waals surface area contributed by atoms with Crippen molar-refractivity contribution in [1.82, 2.24) is 9.80 Å². The number of aryl methyl sites for hydroxylation is 1. The minimum absolute atomic E-state index is 0.196. The van der Waals surface area contributed by atoms with Crippen molar-refractivity contribution in [1.29, 1.82) is 0 Å². The van der Waals surface area contributed by atoms with Crippen LogP contribution in [0.1, 0.15) is 57.2 Å². The van der Waals surface area contributed by atoms with Crippen LogP contribution in [0.15, 0.2) is 22.7 Å². The zero-order valence-corrected chi connectivity index (χ0v) is 17.6. The number of piperidine rings is 1. The highest BCUT2D eigenvalue weighted by Gasteiger charge is 2.59. The van der Waals surface area contributed by atoms with Crippen molar-refractivity contribution in [3.05, 3.63) is 33.8 Å². The maximum Gasteiger partial charge on any atom is 0.407 e. The summed E-state index contributed by atoms with van der Waals surface area (Å²) in [5, 5.41) is 9.29. The predicted octanol–water partition coefficient (Wildman–Crippen LogP) is 4.93. The van der Waals surface area contributed by atoms with Crippen molar-refractivity contribution < 1.29 is 9.90 Å². The first-order valence-corrected chi connectivity index (χ1v) is 10.5. The lowest BCUT2D eigenvalue weighted by Crippen LogP contribution is -2.71. The SMILES string of the molecule is CC(C)(C)[C@H]1N(C2CCc3cc(Br)ccc32)CC12CCN(C(=O)O)CC2. The molecule has 2 aliphatic heterocycles. The van der Waals surface area contributed by atoms with E-state index < -0.39 is 6.09 Å². The molecule has 4 rings (SSSR count). The molecule has 2 fully saturated rings. The molecule has 0 radical (unpaired) electrons. The van der Waals surface area contributed by atoms with E-state index in [0.717, 1.165) is 25.8 Å². The topological polar surface area (TPSA) is 43.8 Å². The molecule has 1 N–H and O–H groups in total. The Kier molecular flexibility index (Phi) is 4.39. The molecule has 1 aliphatic carbocycles. The van der Waals surface area contributed by atoms with Gasteiger partial charge in [0.1, 0.15) is 0 Å². The van der Waals surface area contributed by atoms with E-state index >= 15 is 0 Å². The van der Waals surface area contributed by atoms with Crippen LogP contribution in [0, 0.1) is 10.8 Å². The Labute approximate surface area is 164 Å². The van der Waals surface area contributed by atoms with Gasteiger partial charge >= 0.3 is 6.09 Å². The lowest BCUT2D eigenvalue weighted by molar-refractivity contribution is -0.169. The monoisotopic (exact) mass is 420 g/mol. The summed E-state index contributed by atoms with van der Waals surface area (Å²) >= 11 is 3.61. The first kappa shape index (κ1) is 18.3. The maximum atomic E-state index is 11.3. The first-order valence-electron chi connectivity index (χ1n) is 9.73. The van der Waals surface area contributed by atoms with Gasteiger partial charge < -0.3 is 10.0 Å². The van der Waals surface area contributed by atoms with E-state index in [9.17, 15) is 9.90 Å². The molecule has 2 heterocycles. The zero-order valence-electron chi connectivity index (χ0n) is 16.0. The van der Waals surface area contributed by atoms with Crippen LogP contribution in [-0.4, -0.2) is 46.7 Å². The fourth-order valence-corrected chi connectivity index (χ4v) is 6.38. The first-order chi connectivity index (χ1) is 12.2. The molecule has 142 valence electrons. The second-order valence-corrected chi connectivity index (χ2v) is 10.4. The molecular weight excluding hydrogens is 392 g/mol. The lowest BCUT2D eigenvalue weighted by Gasteiger charge is -2.66. The molecular formula is C21H29BrN2O2. The van der Waals surface area contributed by atoms with Crippen molar-refractivity contribution in [3.63, 3.8) is 0 Å². The number of halogens is 1. The molecule has 1 aromatic rings. The average molecular weight is 421 g/mol. The smallest absolute Gasteiger partial charge is 0.407 e. The van der Waals surface area contributed by atoms with E-state index in [1.807, 2.05) is 0 Å². The molecule has 1 amide bonds. The van der Waals surface area contributed by atoms with Crippen LogP contribution in [-0.2, 0) is 6.42 Å². The van der Waals surface area contributed by atoms with Crippen LogP contribution in [0.25, 0.3) is 0 Å². The van der Waals surface area contributed by atoms with E-state index in [1.165, 1.54) is 22.0 Å². The zero-order chi connectivity index (χ0) is 18.7. The minimum Gasteiger partial charge on any atom is -0.465 e. The van der Waals surface area contributed by atoms with E-state index in [4.69, 9.17) is 0 Å². The van der Waals surface area contributed by atoms with Gasteiger partial charge in [-0.3, -0.25) is 4.90 Å². The molecule has 3 aliphatic rings. The Morgan fingerprint density at radius 3 is 2.58 bits per heavy atom. The van der Waals surface area contributed by atoms with Crippen LogP contribution >= 0.6 is 15.9 Å². The van der Waals surface area contributed by atoms with Gasteiger partial charge in [-0.2, -0.15) is 0 Å². The van der Waals surface area contributed by atoms with Gasteiger partial charge in [-0.15, -0.1) is 0 Å². The highest BCUT2D eigenvalue weighted by molar-refractivity contribution is 9.10. The summed E-state index contributed by atoms with van der Waals surface area (Å²) in [4.78, 5) is 15.6. The van der Waals surface area contributed by atoms with Gasteiger partial charge in [0, 0.05) is 41.6 Å². The molecule has 0 saturated carbocycles. The molecule has 1 spiro atoms. The fraction of sp³-hybridized carbons (Fsp3) is 0.667. The molecule has 2 atom stereocenters. The molecule has 0 aromatic heterocycles. The Bertz CT molecular complexity index is 719.